The predicted octanol–water partition coefficient (Wildman–Crippen LogP) is 14.6. The van der Waals surface area contributed by atoms with Crippen LogP contribution in [0.5, 0.6) is 0 Å². The monoisotopic (exact) mass is 653 g/mol. The molecule has 0 saturated carbocycles. The Morgan fingerprint density at radius 1 is 0.438 bits per heavy atom. The number of unbranched alkanes of at least 4 members (excludes halogenated alkanes) is 13. The minimum Gasteiger partial charge on any atom is -0.250 e. The van der Waals surface area contributed by atoms with Gasteiger partial charge in [-0.1, -0.05) is 162 Å². The molecule has 0 spiro atoms. The number of benzene rings is 2. The van der Waals surface area contributed by atoms with Gasteiger partial charge in [-0.2, -0.15) is 0 Å². The lowest BCUT2D eigenvalue weighted by atomic mass is 10.0. The number of aryl methyl sites for hydroxylation is 4. The molecule has 0 aliphatic carbocycles. The number of hydrogen-bond acceptors (Lipinski definition) is 2. The molecule has 0 bridgehead atoms. The molecule has 0 heterocycles. The van der Waals surface area contributed by atoms with Crippen LogP contribution in [0, 0.1) is 11.8 Å². The van der Waals surface area contributed by atoms with Crippen LogP contribution in [-0.2, 0) is 25.7 Å². The highest BCUT2D eigenvalue weighted by Crippen LogP contribution is 2.24. The molecule has 2 aromatic carbocycles. The SMILES string of the molecule is CCCCCCCCCCCCCCC#CC(=Nc1cc(CCC)cc(CCC)c1)C(CCCC)=Nc1cc(CCC)cc(CCC)c1. The molecular weight excluding hydrogens is 581 g/mol. The summed E-state index contributed by atoms with van der Waals surface area (Å²) < 4.78 is 0. The molecular formula is C46H72N2. The van der Waals surface area contributed by atoms with Crippen LogP contribution in [0.3, 0.4) is 0 Å². The highest BCUT2D eigenvalue weighted by Gasteiger charge is 2.11. The lowest BCUT2D eigenvalue weighted by molar-refractivity contribution is 0.545. The molecule has 0 N–H and O–H groups in total. The number of aliphatic imine (C=N–C) groups is 2. The van der Waals surface area contributed by atoms with Gasteiger partial charge < -0.3 is 0 Å². The fraction of sp³-hybridized carbons (Fsp3) is 0.652. The van der Waals surface area contributed by atoms with Crippen molar-refractivity contribution in [3.63, 3.8) is 0 Å². The molecule has 48 heavy (non-hydrogen) atoms. The maximum atomic E-state index is 5.36. The fourth-order valence-corrected chi connectivity index (χ4v) is 6.57. The van der Waals surface area contributed by atoms with Crippen LogP contribution >= 0.6 is 0 Å². The number of hydrogen-bond donors (Lipinski definition) is 0. The molecule has 0 aromatic heterocycles. The van der Waals surface area contributed by atoms with Crippen molar-refractivity contribution in [1.29, 1.82) is 0 Å². The Labute approximate surface area is 298 Å². The average molecular weight is 653 g/mol. The molecule has 0 atom stereocenters. The zero-order chi connectivity index (χ0) is 34.7. The van der Waals surface area contributed by atoms with E-state index in [1.165, 1.54) is 99.3 Å². The van der Waals surface area contributed by atoms with E-state index in [-0.39, 0.29) is 0 Å². The summed E-state index contributed by atoms with van der Waals surface area (Å²) in [5, 5.41) is 0. The van der Waals surface area contributed by atoms with E-state index >= 15 is 0 Å². The molecule has 0 saturated heterocycles. The van der Waals surface area contributed by atoms with E-state index in [2.05, 4.69) is 89.8 Å². The van der Waals surface area contributed by atoms with E-state index in [0.29, 0.717) is 0 Å². The lowest BCUT2D eigenvalue weighted by Crippen LogP contribution is -2.12. The van der Waals surface area contributed by atoms with E-state index in [0.717, 1.165) is 99.8 Å². The van der Waals surface area contributed by atoms with Crippen molar-refractivity contribution in [3.05, 3.63) is 58.7 Å². The van der Waals surface area contributed by atoms with Crippen LogP contribution in [0.25, 0.3) is 0 Å². The van der Waals surface area contributed by atoms with E-state index in [4.69, 9.17) is 9.98 Å². The molecule has 2 nitrogen and oxygen atoms in total. The zero-order valence-corrected chi connectivity index (χ0v) is 32.3. The molecule has 0 aliphatic rings. The summed E-state index contributed by atoms with van der Waals surface area (Å²) in [4.78, 5) is 10.7. The average Bonchev–Trinajstić information content (AvgIpc) is 3.07. The lowest BCUT2D eigenvalue weighted by Gasteiger charge is -2.11. The second-order valence-electron chi connectivity index (χ2n) is 14.1. The maximum absolute atomic E-state index is 5.36. The normalized spacial score (nSPS) is 12.0. The Kier molecular flexibility index (Phi) is 23.5. The second kappa shape index (κ2) is 27.2. The highest BCUT2D eigenvalue weighted by molar-refractivity contribution is 6.49. The minimum absolute atomic E-state index is 0.872. The Balaban J connectivity index is 2.30. The standard InChI is InChI=1S/C46H72N2/c1-7-13-15-16-17-18-19-20-21-22-23-24-25-26-32-46(48-44-37-41(29-11-5)34-42(38-44)30-12-6)45(31-14-8-2)47-43-35-39(27-9-3)33-40(36-43)28-10-4/h33-38H,7-25,27-31H2,1-6H3. The molecule has 266 valence electrons. The molecule has 0 unspecified atom stereocenters. The van der Waals surface area contributed by atoms with E-state index in [1.807, 2.05) is 0 Å². The molecule has 0 aliphatic heterocycles. The van der Waals surface area contributed by atoms with Crippen molar-refractivity contribution in [1.82, 2.24) is 0 Å². The van der Waals surface area contributed by atoms with Crippen LogP contribution in [-0.4, -0.2) is 11.4 Å². The summed E-state index contributed by atoms with van der Waals surface area (Å²) in [7, 11) is 0. The van der Waals surface area contributed by atoms with E-state index in [9.17, 15) is 0 Å². The molecule has 0 radical (unpaired) electrons. The van der Waals surface area contributed by atoms with Gasteiger partial charge in [-0.3, -0.25) is 4.99 Å². The Bertz CT molecular complexity index is 1210. The van der Waals surface area contributed by atoms with Crippen molar-refractivity contribution >= 4 is 22.8 Å². The smallest absolute Gasteiger partial charge is 0.135 e. The Morgan fingerprint density at radius 3 is 1.25 bits per heavy atom. The summed E-state index contributed by atoms with van der Waals surface area (Å²) >= 11 is 0. The van der Waals surface area contributed by atoms with Crippen LogP contribution in [0.4, 0.5) is 11.4 Å². The first-order chi connectivity index (χ1) is 23.6. The largest absolute Gasteiger partial charge is 0.250 e. The Hall–Kier alpha value is -2.66. The van der Waals surface area contributed by atoms with Crippen LogP contribution in [0.2, 0.25) is 0 Å². The third kappa shape index (κ3) is 18.2. The summed E-state index contributed by atoms with van der Waals surface area (Å²) in [5.74, 6) is 7.15. The van der Waals surface area contributed by atoms with Gasteiger partial charge in [0.05, 0.1) is 17.1 Å². The second-order valence-corrected chi connectivity index (χ2v) is 14.1. The van der Waals surface area contributed by atoms with Gasteiger partial charge in [0.2, 0.25) is 0 Å². The van der Waals surface area contributed by atoms with Crippen LogP contribution < -0.4 is 0 Å². The first-order valence-electron chi connectivity index (χ1n) is 20.5. The van der Waals surface area contributed by atoms with Crippen molar-refractivity contribution in [2.45, 2.75) is 196 Å². The molecule has 0 amide bonds. The van der Waals surface area contributed by atoms with E-state index < -0.39 is 0 Å². The van der Waals surface area contributed by atoms with Gasteiger partial charge in [-0.15, -0.1) is 0 Å². The molecule has 2 rings (SSSR count). The summed E-state index contributed by atoms with van der Waals surface area (Å²) in [6.07, 6.45) is 29.4. The van der Waals surface area contributed by atoms with Gasteiger partial charge in [0.15, 0.2) is 0 Å². The number of rotatable bonds is 26. The van der Waals surface area contributed by atoms with Crippen molar-refractivity contribution < 1.29 is 0 Å². The van der Waals surface area contributed by atoms with Gasteiger partial charge in [0.1, 0.15) is 5.71 Å². The van der Waals surface area contributed by atoms with Gasteiger partial charge in [-0.05, 0) is 97.4 Å². The summed E-state index contributed by atoms with van der Waals surface area (Å²) in [6.45, 7) is 13.6. The zero-order valence-electron chi connectivity index (χ0n) is 32.3. The van der Waals surface area contributed by atoms with Crippen molar-refractivity contribution in [2.24, 2.45) is 9.98 Å². The van der Waals surface area contributed by atoms with Crippen molar-refractivity contribution in [2.75, 3.05) is 0 Å². The van der Waals surface area contributed by atoms with Gasteiger partial charge in [0, 0.05) is 6.42 Å². The van der Waals surface area contributed by atoms with Gasteiger partial charge in [-0.25, -0.2) is 4.99 Å². The molecule has 2 heteroatoms. The minimum atomic E-state index is 0.872. The van der Waals surface area contributed by atoms with Crippen LogP contribution in [0.1, 0.15) is 192 Å². The maximum Gasteiger partial charge on any atom is 0.135 e. The third-order valence-electron chi connectivity index (χ3n) is 9.14. The highest BCUT2D eigenvalue weighted by atomic mass is 14.8. The fourth-order valence-electron chi connectivity index (χ4n) is 6.57. The van der Waals surface area contributed by atoms with Crippen molar-refractivity contribution in [3.8, 4) is 11.8 Å². The molecule has 0 fully saturated rings. The van der Waals surface area contributed by atoms with E-state index in [1.54, 1.807) is 0 Å². The number of nitrogens with zero attached hydrogens (tertiary/aromatic N) is 2. The third-order valence-corrected chi connectivity index (χ3v) is 9.14. The predicted molar refractivity (Wildman–Crippen MR) is 216 cm³/mol. The topological polar surface area (TPSA) is 24.7 Å². The van der Waals surface area contributed by atoms with Crippen LogP contribution in [0.15, 0.2) is 46.4 Å². The summed E-state index contributed by atoms with van der Waals surface area (Å²) in [6, 6.07) is 13.9. The van der Waals surface area contributed by atoms with Gasteiger partial charge in [0.25, 0.3) is 0 Å². The Morgan fingerprint density at radius 2 is 0.833 bits per heavy atom. The first-order valence-corrected chi connectivity index (χ1v) is 20.5. The first kappa shape index (κ1) is 41.5. The quantitative estimate of drug-likeness (QED) is 0.0549. The summed E-state index contributed by atoms with van der Waals surface area (Å²) in [5.41, 5.74) is 9.58. The van der Waals surface area contributed by atoms with Gasteiger partial charge >= 0.3 is 0 Å². The molecule has 2 aromatic rings.